The number of urea groups is 1. The topological polar surface area (TPSA) is 114 Å². The van der Waals surface area contributed by atoms with E-state index in [1.54, 1.807) is 0 Å². The second-order valence-corrected chi connectivity index (χ2v) is 9.53. The summed E-state index contributed by atoms with van der Waals surface area (Å²) in [5.41, 5.74) is -1.41. The molecule has 10 nitrogen and oxygen atoms in total. The van der Waals surface area contributed by atoms with Crippen molar-refractivity contribution in [2.45, 2.75) is 50.5 Å². The average molecular weight is 548 g/mol. The first kappa shape index (κ1) is 27.0. The molecule has 202 valence electrons. The van der Waals surface area contributed by atoms with Gasteiger partial charge in [0.05, 0.1) is 17.2 Å². The van der Waals surface area contributed by atoms with E-state index in [1.165, 1.54) is 18.1 Å². The van der Waals surface area contributed by atoms with Gasteiger partial charge in [0.1, 0.15) is 12.1 Å². The minimum absolute atomic E-state index is 0.00272. The van der Waals surface area contributed by atoms with Gasteiger partial charge in [0.15, 0.2) is 6.73 Å². The highest BCUT2D eigenvalue weighted by Gasteiger charge is 2.59. The molecule has 2 fully saturated rings. The van der Waals surface area contributed by atoms with Gasteiger partial charge in [-0.1, -0.05) is 11.6 Å². The maximum atomic E-state index is 13.2. The Bertz CT molecular complexity index is 1110. The number of benzene rings is 1. The molecule has 1 N–H and O–H groups in total. The van der Waals surface area contributed by atoms with Gasteiger partial charge in [-0.2, -0.15) is 13.2 Å². The van der Waals surface area contributed by atoms with Gasteiger partial charge in [-0.25, -0.2) is 14.5 Å². The van der Waals surface area contributed by atoms with Crippen LogP contribution < -0.4 is 5.32 Å². The first-order chi connectivity index (χ1) is 17.5. The van der Waals surface area contributed by atoms with Gasteiger partial charge in [0.25, 0.3) is 5.91 Å². The molecule has 1 unspecified atom stereocenters. The van der Waals surface area contributed by atoms with E-state index in [0.29, 0.717) is 24.0 Å². The number of fused-ring (bicyclic) bond motifs is 1. The summed E-state index contributed by atoms with van der Waals surface area (Å²) in [4.78, 5) is 52.5. The first-order valence-corrected chi connectivity index (χ1v) is 11.9. The highest BCUT2D eigenvalue weighted by Crippen LogP contribution is 2.46. The number of carbonyl (C=O) groups excluding carboxylic acids is 4. The number of nitrogens with zero attached hydrogens (tertiary/aromatic N) is 2. The molecule has 1 saturated carbocycles. The van der Waals surface area contributed by atoms with Gasteiger partial charge in [-0.05, 0) is 48.4 Å². The van der Waals surface area contributed by atoms with E-state index in [1.807, 2.05) is 0 Å². The van der Waals surface area contributed by atoms with E-state index >= 15 is 0 Å². The number of carbonyl (C=O) groups is 4. The van der Waals surface area contributed by atoms with Crippen molar-refractivity contribution in [1.29, 1.82) is 0 Å². The molecule has 2 aliphatic heterocycles. The lowest BCUT2D eigenvalue weighted by molar-refractivity contribution is -0.138. The van der Waals surface area contributed by atoms with Crippen molar-refractivity contribution in [3.8, 4) is 0 Å². The Hall–Kier alpha value is -3.06. The fraction of sp³-hybridized carbons (Fsp3) is 0.565. The number of nitrogens with one attached hydrogen (secondary N) is 1. The number of methoxy groups -OCH3 is 1. The second-order valence-electron chi connectivity index (χ2n) is 9.12. The fourth-order valence-corrected chi connectivity index (χ4v) is 4.93. The SMILES string of the molecule is COCCOC(=O)OCN1C(=O)NC(CCC(=O)N2Cc3cc(Cl)c(C(F)(F)F)cc3C2)(C2CC2)C1=O. The molecule has 0 aromatic heterocycles. The van der Waals surface area contributed by atoms with Crippen LogP contribution in [0.25, 0.3) is 0 Å². The van der Waals surface area contributed by atoms with Crippen LogP contribution in [0.1, 0.15) is 42.4 Å². The number of rotatable bonds is 9. The van der Waals surface area contributed by atoms with Crippen LogP contribution in [0.2, 0.25) is 5.02 Å². The van der Waals surface area contributed by atoms with E-state index in [9.17, 15) is 32.3 Å². The van der Waals surface area contributed by atoms with Gasteiger partial charge in [-0.3, -0.25) is 9.59 Å². The summed E-state index contributed by atoms with van der Waals surface area (Å²) in [6, 6.07) is 1.42. The quantitative estimate of drug-likeness (QED) is 0.286. The van der Waals surface area contributed by atoms with Crippen LogP contribution in [-0.2, 0) is 43.1 Å². The molecule has 1 aliphatic carbocycles. The van der Waals surface area contributed by atoms with Crippen molar-refractivity contribution in [2.75, 3.05) is 27.1 Å². The number of hydrogen-bond donors (Lipinski definition) is 1. The molecular formula is C23H25ClF3N3O7. The maximum absolute atomic E-state index is 13.2. The summed E-state index contributed by atoms with van der Waals surface area (Å²) in [7, 11) is 1.42. The highest BCUT2D eigenvalue weighted by molar-refractivity contribution is 6.31. The van der Waals surface area contributed by atoms with E-state index in [0.717, 1.165) is 11.0 Å². The van der Waals surface area contributed by atoms with Crippen molar-refractivity contribution in [3.63, 3.8) is 0 Å². The minimum Gasteiger partial charge on any atom is -0.432 e. The third kappa shape index (κ3) is 5.61. The lowest BCUT2D eigenvalue weighted by Gasteiger charge is -2.27. The maximum Gasteiger partial charge on any atom is 0.510 e. The average Bonchev–Trinajstić information content (AvgIpc) is 3.55. The van der Waals surface area contributed by atoms with Crippen molar-refractivity contribution >= 4 is 35.6 Å². The number of hydrogen-bond acceptors (Lipinski definition) is 7. The predicted octanol–water partition coefficient (Wildman–Crippen LogP) is 3.44. The van der Waals surface area contributed by atoms with Crippen LogP contribution in [0.5, 0.6) is 0 Å². The Morgan fingerprint density at radius 2 is 1.81 bits per heavy atom. The Kier molecular flexibility index (Phi) is 7.56. The first-order valence-electron chi connectivity index (χ1n) is 11.5. The fourth-order valence-electron chi connectivity index (χ4n) is 4.63. The van der Waals surface area contributed by atoms with Gasteiger partial charge in [0, 0.05) is 26.6 Å². The molecule has 37 heavy (non-hydrogen) atoms. The van der Waals surface area contributed by atoms with E-state index in [-0.39, 0.29) is 51.0 Å². The van der Waals surface area contributed by atoms with Crippen molar-refractivity contribution in [2.24, 2.45) is 5.92 Å². The zero-order valence-electron chi connectivity index (χ0n) is 19.9. The largest absolute Gasteiger partial charge is 0.510 e. The number of amides is 4. The summed E-state index contributed by atoms with van der Waals surface area (Å²) in [6.45, 7) is -0.490. The number of halogens is 4. The normalized spacial score (nSPS) is 21.2. The smallest absolute Gasteiger partial charge is 0.432 e. The monoisotopic (exact) mass is 547 g/mol. The molecule has 1 saturated heterocycles. The Labute approximate surface area is 214 Å². The van der Waals surface area contributed by atoms with Crippen molar-refractivity contribution < 1.29 is 46.6 Å². The molecule has 14 heteroatoms. The third-order valence-electron chi connectivity index (χ3n) is 6.70. The van der Waals surface area contributed by atoms with E-state index < -0.39 is 47.1 Å². The summed E-state index contributed by atoms with van der Waals surface area (Å²) in [6.07, 6.45) is -4.47. The molecule has 4 rings (SSSR count). The summed E-state index contributed by atoms with van der Waals surface area (Å²) >= 11 is 5.80. The van der Waals surface area contributed by atoms with Crippen LogP contribution >= 0.6 is 11.6 Å². The van der Waals surface area contributed by atoms with Gasteiger partial charge >= 0.3 is 18.4 Å². The Balaban J connectivity index is 1.37. The molecule has 4 amide bonds. The van der Waals surface area contributed by atoms with Gasteiger partial charge in [0.2, 0.25) is 5.91 Å². The summed E-state index contributed by atoms with van der Waals surface area (Å²) in [5.74, 6) is -1.16. The van der Waals surface area contributed by atoms with Crippen LogP contribution in [0, 0.1) is 5.92 Å². The molecule has 0 bridgehead atoms. The second kappa shape index (κ2) is 10.4. The van der Waals surface area contributed by atoms with Crippen LogP contribution in [0.4, 0.5) is 22.8 Å². The van der Waals surface area contributed by atoms with E-state index in [2.05, 4.69) is 5.32 Å². The standard InChI is InChI=1S/C23H25ClF3N3O7/c1-35-6-7-36-21(34)37-12-30-19(32)22(15-2-3-15,28-20(30)33)5-4-18(31)29-10-13-8-16(23(25,26)27)17(24)9-14(13)11-29/h8-9,15H,2-7,10-12H2,1H3,(H,28,33). The summed E-state index contributed by atoms with van der Waals surface area (Å²) < 4.78 is 53.9. The molecular weight excluding hydrogens is 523 g/mol. The molecule has 1 aromatic carbocycles. The predicted molar refractivity (Wildman–Crippen MR) is 120 cm³/mol. The van der Waals surface area contributed by atoms with Gasteiger partial charge in [-0.15, -0.1) is 0 Å². The molecule has 1 aromatic rings. The summed E-state index contributed by atoms with van der Waals surface area (Å²) in [5, 5.41) is 2.24. The van der Waals surface area contributed by atoms with Crippen LogP contribution in [0.3, 0.4) is 0 Å². The van der Waals surface area contributed by atoms with Gasteiger partial charge < -0.3 is 24.4 Å². The number of ether oxygens (including phenoxy) is 3. The van der Waals surface area contributed by atoms with Crippen molar-refractivity contribution in [3.05, 3.63) is 33.8 Å². The molecule has 1 atom stereocenters. The third-order valence-corrected chi connectivity index (χ3v) is 7.01. The number of imide groups is 1. The zero-order chi connectivity index (χ0) is 27.0. The van der Waals surface area contributed by atoms with E-state index in [4.69, 9.17) is 25.8 Å². The van der Waals surface area contributed by atoms with Crippen LogP contribution in [0.15, 0.2) is 12.1 Å². The number of alkyl halides is 3. The zero-order valence-corrected chi connectivity index (χ0v) is 20.6. The lowest BCUT2D eigenvalue weighted by Crippen LogP contribution is -2.50. The molecule has 0 spiro atoms. The Morgan fingerprint density at radius 3 is 2.43 bits per heavy atom. The molecule has 3 aliphatic rings. The Morgan fingerprint density at radius 1 is 1.14 bits per heavy atom. The lowest BCUT2D eigenvalue weighted by atomic mass is 9.87. The molecule has 0 radical (unpaired) electrons. The van der Waals surface area contributed by atoms with Crippen molar-refractivity contribution in [1.82, 2.24) is 15.1 Å². The van der Waals surface area contributed by atoms with Crippen LogP contribution in [-0.4, -0.2) is 66.4 Å². The molecule has 2 heterocycles. The highest BCUT2D eigenvalue weighted by atomic mass is 35.5. The minimum atomic E-state index is -4.61.